The molecule has 0 bridgehead atoms. The highest BCUT2D eigenvalue weighted by molar-refractivity contribution is 6.30. The molecule has 1 amide bonds. The number of ketones is 1. The van der Waals surface area contributed by atoms with Crippen LogP contribution in [0.3, 0.4) is 0 Å². The number of hydrogen-bond acceptors (Lipinski definition) is 4. The number of carboxylic acid groups (broad SMARTS) is 1. The fourth-order valence-electron chi connectivity index (χ4n) is 2.58. The summed E-state index contributed by atoms with van der Waals surface area (Å²) in [6.45, 7) is 1.38. The number of carbonyl (C=O) groups is 3. The fourth-order valence-corrected chi connectivity index (χ4v) is 2.70. The van der Waals surface area contributed by atoms with E-state index in [1.165, 1.54) is 23.1 Å². The largest absolute Gasteiger partial charge is 0.479 e. The van der Waals surface area contributed by atoms with E-state index in [-0.39, 0.29) is 29.5 Å². The molecule has 2 aromatic carbocycles. The molecule has 128 valence electrons. The van der Waals surface area contributed by atoms with Crippen LogP contribution < -0.4 is 9.64 Å². The summed E-state index contributed by atoms with van der Waals surface area (Å²) in [6.07, 6.45) is -0.811. The molecule has 1 N–H and O–H groups in total. The summed E-state index contributed by atoms with van der Waals surface area (Å²) in [5.41, 5.74) is 0.847. The van der Waals surface area contributed by atoms with E-state index in [0.29, 0.717) is 16.3 Å². The first kappa shape index (κ1) is 17.0. The quantitative estimate of drug-likeness (QED) is 0.848. The third-order valence-electron chi connectivity index (χ3n) is 3.88. The summed E-state index contributed by atoms with van der Waals surface area (Å²) in [5, 5.41) is 9.60. The van der Waals surface area contributed by atoms with E-state index in [1.807, 2.05) is 0 Å². The Morgan fingerprint density at radius 2 is 1.80 bits per heavy atom. The lowest BCUT2D eigenvalue weighted by molar-refractivity contribution is -0.125. The third kappa shape index (κ3) is 3.34. The van der Waals surface area contributed by atoms with Crippen LogP contribution in [0.1, 0.15) is 27.6 Å². The van der Waals surface area contributed by atoms with Crippen molar-refractivity contribution in [2.75, 3.05) is 11.4 Å². The molecule has 2 aromatic rings. The first-order valence-electron chi connectivity index (χ1n) is 7.51. The monoisotopic (exact) mass is 359 g/mol. The zero-order valence-corrected chi connectivity index (χ0v) is 14.0. The number of Topliss-reactive ketones (excluding diaryl/α,β-unsaturated/α-hetero) is 1. The van der Waals surface area contributed by atoms with Gasteiger partial charge >= 0.3 is 5.97 Å². The Morgan fingerprint density at radius 3 is 2.44 bits per heavy atom. The van der Waals surface area contributed by atoms with Crippen LogP contribution in [-0.4, -0.2) is 35.4 Å². The smallest absolute Gasteiger partial charge is 0.335 e. The van der Waals surface area contributed by atoms with E-state index in [2.05, 4.69) is 0 Å². The maximum Gasteiger partial charge on any atom is 0.335 e. The highest BCUT2D eigenvalue weighted by Gasteiger charge is 2.33. The van der Waals surface area contributed by atoms with Crippen molar-refractivity contribution in [3.63, 3.8) is 0 Å². The second kappa shape index (κ2) is 6.57. The Balaban J connectivity index is 1.93. The lowest BCUT2D eigenvalue weighted by Crippen LogP contribution is -2.46. The van der Waals surface area contributed by atoms with E-state index < -0.39 is 12.1 Å². The van der Waals surface area contributed by atoms with Gasteiger partial charge in [-0.2, -0.15) is 0 Å². The zero-order chi connectivity index (χ0) is 18.1. The second-order valence-electron chi connectivity index (χ2n) is 5.60. The molecule has 0 saturated heterocycles. The number of amides is 1. The van der Waals surface area contributed by atoms with E-state index in [9.17, 15) is 14.4 Å². The van der Waals surface area contributed by atoms with Crippen molar-refractivity contribution < 1.29 is 24.2 Å². The minimum absolute atomic E-state index is 0.0456. The zero-order valence-electron chi connectivity index (χ0n) is 13.2. The maximum absolute atomic E-state index is 12.5. The Hall–Kier alpha value is -2.86. The number of rotatable bonds is 4. The van der Waals surface area contributed by atoms with Crippen LogP contribution in [0.15, 0.2) is 42.5 Å². The molecular formula is C18H14ClNO5. The molecule has 0 radical (unpaired) electrons. The van der Waals surface area contributed by atoms with Gasteiger partial charge in [0.15, 0.2) is 11.9 Å². The van der Waals surface area contributed by atoms with Crippen LogP contribution in [0.4, 0.5) is 5.69 Å². The van der Waals surface area contributed by atoms with Crippen LogP contribution in [0.2, 0.25) is 5.02 Å². The maximum atomic E-state index is 12.5. The van der Waals surface area contributed by atoms with Gasteiger partial charge in [0.1, 0.15) is 5.75 Å². The van der Waals surface area contributed by atoms with Gasteiger partial charge < -0.3 is 9.84 Å². The molecule has 0 aliphatic carbocycles. The van der Waals surface area contributed by atoms with Gasteiger partial charge in [0, 0.05) is 10.6 Å². The van der Waals surface area contributed by atoms with Crippen molar-refractivity contribution in [1.82, 2.24) is 0 Å². The number of nitrogens with zero attached hydrogens (tertiary/aromatic N) is 1. The average Bonchev–Trinajstić information content (AvgIpc) is 2.58. The molecule has 1 heterocycles. The standard InChI is InChI=1S/C18H14ClNO5/c1-10-17(22)20(9-15(21)11-2-5-13(19)6-3-11)14-7-4-12(18(23)24)8-16(14)25-10/h2-8,10H,9H2,1H3,(H,23,24). The van der Waals surface area contributed by atoms with Crippen molar-refractivity contribution >= 4 is 34.9 Å². The van der Waals surface area contributed by atoms with Gasteiger partial charge in [-0.25, -0.2) is 4.79 Å². The van der Waals surface area contributed by atoms with Crippen LogP contribution in [0, 0.1) is 0 Å². The van der Waals surface area contributed by atoms with Gasteiger partial charge in [-0.15, -0.1) is 0 Å². The molecule has 0 spiro atoms. The Kier molecular flexibility index (Phi) is 4.46. The number of anilines is 1. The van der Waals surface area contributed by atoms with Crippen molar-refractivity contribution in [3.8, 4) is 5.75 Å². The molecule has 1 aliphatic heterocycles. The molecule has 3 rings (SSSR count). The van der Waals surface area contributed by atoms with Gasteiger partial charge in [-0.1, -0.05) is 11.6 Å². The molecule has 0 saturated carbocycles. The summed E-state index contributed by atoms with van der Waals surface area (Å²) in [6, 6.07) is 10.6. The molecule has 25 heavy (non-hydrogen) atoms. The number of benzene rings is 2. The summed E-state index contributed by atoms with van der Waals surface area (Å²) < 4.78 is 5.48. The molecule has 6 nitrogen and oxygen atoms in total. The molecule has 1 unspecified atom stereocenters. The van der Waals surface area contributed by atoms with E-state index in [0.717, 1.165) is 0 Å². The van der Waals surface area contributed by atoms with E-state index >= 15 is 0 Å². The Bertz CT molecular complexity index is 862. The topological polar surface area (TPSA) is 83.9 Å². The fraction of sp³-hybridized carbons (Fsp3) is 0.167. The number of ether oxygens (including phenoxy) is 1. The molecule has 0 fully saturated rings. The first-order chi connectivity index (χ1) is 11.9. The van der Waals surface area contributed by atoms with E-state index in [4.69, 9.17) is 21.4 Å². The number of carbonyl (C=O) groups excluding carboxylic acids is 2. The van der Waals surface area contributed by atoms with Crippen LogP contribution in [0.5, 0.6) is 5.75 Å². The normalized spacial score (nSPS) is 16.2. The highest BCUT2D eigenvalue weighted by atomic mass is 35.5. The molecule has 7 heteroatoms. The Morgan fingerprint density at radius 1 is 1.16 bits per heavy atom. The van der Waals surface area contributed by atoms with Crippen molar-refractivity contribution in [3.05, 3.63) is 58.6 Å². The third-order valence-corrected chi connectivity index (χ3v) is 4.13. The molecular weight excluding hydrogens is 346 g/mol. The lowest BCUT2D eigenvalue weighted by Gasteiger charge is -2.32. The lowest BCUT2D eigenvalue weighted by atomic mass is 10.1. The number of fused-ring (bicyclic) bond motifs is 1. The summed E-state index contributed by atoms with van der Waals surface area (Å²) in [7, 11) is 0. The minimum atomic E-state index is -1.10. The number of carboxylic acids is 1. The van der Waals surface area contributed by atoms with Crippen LogP contribution >= 0.6 is 11.6 Å². The SMILES string of the molecule is CC1Oc2cc(C(=O)O)ccc2N(CC(=O)c2ccc(Cl)cc2)C1=O. The second-order valence-corrected chi connectivity index (χ2v) is 6.04. The summed E-state index contributed by atoms with van der Waals surface area (Å²) in [5.74, 6) is -1.46. The number of aromatic carboxylic acids is 1. The van der Waals surface area contributed by atoms with Crippen molar-refractivity contribution in [1.29, 1.82) is 0 Å². The Labute approximate surface area is 148 Å². The van der Waals surface area contributed by atoms with Gasteiger partial charge in [0.2, 0.25) is 0 Å². The number of halogens is 1. The summed E-state index contributed by atoms with van der Waals surface area (Å²) >= 11 is 5.82. The van der Waals surface area contributed by atoms with Crippen LogP contribution in [0.25, 0.3) is 0 Å². The van der Waals surface area contributed by atoms with Gasteiger partial charge in [-0.05, 0) is 49.4 Å². The number of hydrogen-bond donors (Lipinski definition) is 1. The predicted octanol–water partition coefficient (Wildman–Crippen LogP) is 3.04. The van der Waals surface area contributed by atoms with Crippen LogP contribution in [-0.2, 0) is 4.79 Å². The molecule has 0 aromatic heterocycles. The van der Waals surface area contributed by atoms with Gasteiger partial charge in [0.25, 0.3) is 5.91 Å². The molecule has 1 atom stereocenters. The van der Waals surface area contributed by atoms with Gasteiger partial charge in [0.05, 0.1) is 17.8 Å². The average molecular weight is 360 g/mol. The predicted molar refractivity (Wildman–Crippen MR) is 91.6 cm³/mol. The van der Waals surface area contributed by atoms with Crippen molar-refractivity contribution in [2.24, 2.45) is 0 Å². The minimum Gasteiger partial charge on any atom is -0.479 e. The van der Waals surface area contributed by atoms with E-state index in [1.54, 1.807) is 31.2 Å². The molecule has 1 aliphatic rings. The van der Waals surface area contributed by atoms with Gasteiger partial charge in [-0.3, -0.25) is 14.5 Å². The summed E-state index contributed by atoms with van der Waals surface area (Å²) in [4.78, 5) is 37.3. The van der Waals surface area contributed by atoms with Crippen molar-refractivity contribution in [2.45, 2.75) is 13.0 Å². The first-order valence-corrected chi connectivity index (χ1v) is 7.89. The highest BCUT2D eigenvalue weighted by Crippen LogP contribution is 2.35.